The quantitative estimate of drug-likeness (QED) is 0.833. The van der Waals surface area contributed by atoms with Gasteiger partial charge in [-0.15, -0.1) is 0 Å². The molecule has 17 heavy (non-hydrogen) atoms. The molecule has 0 bridgehead atoms. The highest BCUT2D eigenvalue weighted by Crippen LogP contribution is 2.28. The van der Waals surface area contributed by atoms with Crippen LogP contribution < -0.4 is 4.90 Å². The SMILES string of the molecule is C[C@@H]1CCN(c2ccc(Cl)cc2C#N)C[C@H]1O. The molecule has 0 aliphatic carbocycles. The van der Waals surface area contributed by atoms with Crippen LogP contribution in [0.2, 0.25) is 5.02 Å². The Morgan fingerprint density at radius 3 is 2.94 bits per heavy atom. The molecule has 1 aliphatic heterocycles. The molecule has 2 atom stereocenters. The van der Waals surface area contributed by atoms with Crippen LogP contribution in [0.4, 0.5) is 5.69 Å². The largest absolute Gasteiger partial charge is 0.391 e. The lowest BCUT2D eigenvalue weighted by Gasteiger charge is -2.36. The van der Waals surface area contributed by atoms with Crippen LogP contribution in [-0.2, 0) is 0 Å². The second-order valence-corrected chi connectivity index (χ2v) is 4.99. The standard InChI is InChI=1S/C13H15ClN2O/c1-9-4-5-16(8-13(9)17)12-3-2-11(14)6-10(12)7-15/h2-3,6,9,13,17H,4-5,8H2,1H3/t9-,13-/m1/s1. The van der Waals surface area contributed by atoms with Crippen LogP contribution in [0.5, 0.6) is 0 Å². The van der Waals surface area contributed by atoms with Crippen LogP contribution in [0.3, 0.4) is 0 Å². The molecule has 4 heteroatoms. The number of hydrogen-bond acceptors (Lipinski definition) is 3. The van der Waals surface area contributed by atoms with Crippen molar-refractivity contribution in [3.63, 3.8) is 0 Å². The van der Waals surface area contributed by atoms with E-state index in [-0.39, 0.29) is 6.10 Å². The zero-order valence-corrected chi connectivity index (χ0v) is 10.5. The highest BCUT2D eigenvalue weighted by Gasteiger charge is 2.25. The van der Waals surface area contributed by atoms with E-state index in [1.807, 2.05) is 6.07 Å². The average Bonchev–Trinajstić information content (AvgIpc) is 2.32. The Morgan fingerprint density at radius 2 is 2.29 bits per heavy atom. The number of nitrogens with zero attached hydrogens (tertiary/aromatic N) is 2. The van der Waals surface area contributed by atoms with Crippen molar-refractivity contribution in [2.45, 2.75) is 19.4 Å². The highest BCUT2D eigenvalue weighted by molar-refractivity contribution is 6.30. The number of nitriles is 1. The molecule has 1 aliphatic rings. The lowest BCUT2D eigenvalue weighted by molar-refractivity contribution is 0.103. The Bertz CT molecular complexity index is 455. The molecule has 1 aromatic rings. The Labute approximate surface area is 106 Å². The predicted octanol–water partition coefficient (Wildman–Crippen LogP) is 2.42. The molecular formula is C13H15ClN2O. The summed E-state index contributed by atoms with van der Waals surface area (Å²) in [6.45, 7) is 3.50. The van der Waals surface area contributed by atoms with Crippen molar-refractivity contribution in [3.05, 3.63) is 28.8 Å². The zero-order chi connectivity index (χ0) is 12.4. The maximum Gasteiger partial charge on any atom is 0.101 e. The lowest BCUT2D eigenvalue weighted by Crippen LogP contribution is -2.43. The van der Waals surface area contributed by atoms with Crippen LogP contribution in [0, 0.1) is 17.2 Å². The van der Waals surface area contributed by atoms with Gasteiger partial charge in [-0.05, 0) is 30.5 Å². The second kappa shape index (κ2) is 4.95. The van der Waals surface area contributed by atoms with E-state index in [1.165, 1.54) is 0 Å². The minimum atomic E-state index is -0.328. The molecule has 3 nitrogen and oxygen atoms in total. The van der Waals surface area contributed by atoms with Crippen LogP contribution in [-0.4, -0.2) is 24.3 Å². The van der Waals surface area contributed by atoms with Crippen LogP contribution >= 0.6 is 11.6 Å². The molecule has 0 amide bonds. The fourth-order valence-electron chi connectivity index (χ4n) is 2.14. The number of hydrogen-bond donors (Lipinski definition) is 1. The van der Waals surface area contributed by atoms with Crippen LogP contribution in [0.25, 0.3) is 0 Å². The molecule has 1 fully saturated rings. The molecule has 1 aromatic carbocycles. The predicted molar refractivity (Wildman–Crippen MR) is 68.2 cm³/mol. The van der Waals surface area contributed by atoms with Gasteiger partial charge in [-0.1, -0.05) is 18.5 Å². The average molecular weight is 251 g/mol. The zero-order valence-electron chi connectivity index (χ0n) is 9.73. The number of β-amino-alcohol motifs (C(OH)–C–C–N with tert-alkyl or cyclic N) is 1. The number of aliphatic hydroxyl groups is 1. The van der Waals surface area contributed by atoms with Gasteiger partial charge in [-0.2, -0.15) is 5.26 Å². The summed E-state index contributed by atoms with van der Waals surface area (Å²) >= 11 is 5.87. The normalized spacial score (nSPS) is 24.5. The molecule has 0 aromatic heterocycles. The van der Waals surface area contributed by atoms with Crippen LogP contribution in [0.1, 0.15) is 18.9 Å². The topological polar surface area (TPSA) is 47.3 Å². The van der Waals surface area contributed by atoms with Crippen molar-refractivity contribution >= 4 is 17.3 Å². The van der Waals surface area contributed by atoms with Crippen molar-refractivity contribution in [3.8, 4) is 6.07 Å². The van der Waals surface area contributed by atoms with E-state index < -0.39 is 0 Å². The van der Waals surface area contributed by atoms with Crippen molar-refractivity contribution in [1.29, 1.82) is 5.26 Å². The van der Waals surface area contributed by atoms with Gasteiger partial charge in [-0.25, -0.2) is 0 Å². The van der Waals surface area contributed by atoms with Gasteiger partial charge >= 0.3 is 0 Å². The molecule has 0 spiro atoms. The van der Waals surface area contributed by atoms with Crippen LogP contribution in [0.15, 0.2) is 18.2 Å². The Morgan fingerprint density at radius 1 is 1.53 bits per heavy atom. The third-order valence-electron chi connectivity index (χ3n) is 3.34. The first-order chi connectivity index (χ1) is 8.11. The van der Waals surface area contributed by atoms with E-state index in [0.717, 1.165) is 18.7 Å². The number of benzene rings is 1. The first-order valence-corrected chi connectivity index (χ1v) is 6.12. The van der Waals surface area contributed by atoms with E-state index in [1.54, 1.807) is 12.1 Å². The number of halogens is 1. The van der Waals surface area contributed by atoms with E-state index in [2.05, 4.69) is 17.9 Å². The third kappa shape index (κ3) is 2.54. The van der Waals surface area contributed by atoms with Crippen molar-refractivity contribution in [1.82, 2.24) is 0 Å². The summed E-state index contributed by atoms with van der Waals surface area (Å²) in [6.07, 6.45) is 0.611. The van der Waals surface area contributed by atoms with Gasteiger partial charge in [-0.3, -0.25) is 0 Å². The smallest absolute Gasteiger partial charge is 0.101 e. The van der Waals surface area contributed by atoms with E-state index >= 15 is 0 Å². The summed E-state index contributed by atoms with van der Waals surface area (Å²) < 4.78 is 0. The number of piperidine rings is 1. The molecule has 90 valence electrons. The molecule has 0 unspecified atom stereocenters. The first-order valence-electron chi connectivity index (χ1n) is 5.74. The van der Waals surface area contributed by atoms with Gasteiger partial charge in [0, 0.05) is 18.1 Å². The van der Waals surface area contributed by atoms with Gasteiger partial charge in [0.15, 0.2) is 0 Å². The fraction of sp³-hybridized carbons (Fsp3) is 0.462. The summed E-state index contributed by atoms with van der Waals surface area (Å²) in [5, 5.41) is 19.5. The van der Waals surface area contributed by atoms with Gasteiger partial charge < -0.3 is 10.0 Å². The second-order valence-electron chi connectivity index (χ2n) is 4.55. The molecule has 2 rings (SSSR count). The van der Waals surface area contributed by atoms with Gasteiger partial charge in [0.1, 0.15) is 6.07 Å². The van der Waals surface area contributed by atoms with Crippen molar-refractivity contribution in [2.75, 3.05) is 18.0 Å². The molecule has 0 saturated carbocycles. The maximum absolute atomic E-state index is 9.88. The fourth-order valence-corrected chi connectivity index (χ4v) is 2.31. The lowest BCUT2D eigenvalue weighted by atomic mass is 9.95. The molecule has 0 radical (unpaired) electrons. The minimum absolute atomic E-state index is 0.323. The number of anilines is 1. The van der Waals surface area contributed by atoms with Gasteiger partial charge in [0.2, 0.25) is 0 Å². The maximum atomic E-state index is 9.88. The first kappa shape index (κ1) is 12.2. The molecular weight excluding hydrogens is 236 g/mol. The van der Waals surface area contributed by atoms with E-state index in [9.17, 15) is 5.11 Å². The van der Waals surface area contributed by atoms with Crippen molar-refractivity contribution < 1.29 is 5.11 Å². The molecule has 1 N–H and O–H groups in total. The van der Waals surface area contributed by atoms with Gasteiger partial charge in [0.05, 0.1) is 17.4 Å². The van der Waals surface area contributed by atoms with E-state index in [0.29, 0.717) is 23.0 Å². The Kier molecular flexibility index (Phi) is 3.56. The monoisotopic (exact) mass is 250 g/mol. The van der Waals surface area contributed by atoms with Crippen molar-refractivity contribution in [2.24, 2.45) is 5.92 Å². The summed E-state index contributed by atoms with van der Waals surface area (Å²) in [4.78, 5) is 2.06. The summed E-state index contributed by atoms with van der Waals surface area (Å²) in [6, 6.07) is 7.45. The highest BCUT2D eigenvalue weighted by atomic mass is 35.5. The minimum Gasteiger partial charge on any atom is -0.391 e. The summed E-state index contributed by atoms with van der Waals surface area (Å²) in [5.74, 6) is 0.323. The molecule has 1 saturated heterocycles. The summed E-state index contributed by atoms with van der Waals surface area (Å²) in [7, 11) is 0. The van der Waals surface area contributed by atoms with Gasteiger partial charge in [0.25, 0.3) is 0 Å². The Hall–Kier alpha value is -1.24. The van der Waals surface area contributed by atoms with E-state index in [4.69, 9.17) is 16.9 Å². The number of rotatable bonds is 1. The summed E-state index contributed by atoms with van der Waals surface area (Å²) in [5.41, 5.74) is 1.43. The molecule has 1 heterocycles. The third-order valence-corrected chi connectivity index (χ3v) is 3.57. The Balaban J connectivity index is 2.26. The number of aliphatic hydroxyl groups excluding tert-OH is 1.